The van der Waals surface area contributed by atoms with Crippen molar-refractivity contribution in [1.29, 1.82) is 0 Å². The van der Waals surface area contributed by atoms with Crippen molar-refractivity contribution in [2.75, 3.05) is 7.05 Å². The Morgan fingerprint density at radius 3 is 2.88 bits per heavy atom. The fourth-order valence-electron chi connectivity index (χ4n) is 1.40. The Bertz CT molecular complexity index is 524. The highest BCUT2D eigenvalue weighted by atomic mass is 35.5. The van der Waals surface area contributed by atoms with Gasteiger partial charge in [-0.1, -0.05) is 23.2 Å². The Morgan fingerprint density at radius 1 is 1.59 bits per heavy atom. The largest absolute Gasteiger partial charge is 0.337 e. The maximum absolute atomic E-state index is 12.1. The zero-order chi connectivity index (χ0) is 12.4. The van der Waals surface area contributed by atoms with Gasteiger partial charge in [-0.25, -0.2) is 0 Å². The van der Waals surface area contributed by atoms with Gasteiger partial charge in [0.25, 0.3) is 5.91 Å². The van der Waals surface area contributed by atoms with Crippen LogP contribution in [0.4, 0.5) is 0 Å². The molecular weight excluding hydrogens is 281 g/mol. The summed E-state index contributed by atoms with van der Waals surface area (Å²) < 4.78 is 0.925. The minimum absolute atomic E-state index is 0.153. The molecule has 0 unspecified atom stereocenters. The van der Waals surface area contributed by atoms with Crippen LogP contribution in [0.5, 0.6) is 0 Å². The molecule has 7 heteroatoms. The van der Waals surface area contributed by atoms with Gasteiger partial charge in [0.2, 0.25) is 0 Å². The Hall–Kier alpha value is -1.04. The van der Waals surface area contributed by atoms with Crippen LogP contribution in [0.2, 0.25) is 8.67 Å². The molecule has 1 N–H and O–H groups in total. The van der Waals surface area contributed by atoms with Crippen LogP contribution in [-0.4, -0.2) is 28.1 Å². The third kappa shape index (κ3) is 2.80. The summed E-state index contributed by atoms with van der Waals surface area (Å²) in [7, 11) is 1.71. The van der Waals surface area contributed by atoms with E-state index in [0.717, 1.165) is 5.56 Å². The smallest absolute Gasteiger partial charge is 0.256 e. The number of nitrogens with zero attached hydrogens (tertiary/aromatic N) is 2. The molecule has 2 aromatic heterocycles. The monoisotopic (exact) mass is 289 g/mol. The highest BCUT2D eigenvalue weighted by Gasteiger charge is 2.18. The van der Waals surface area contributed by atoms with Crippen LogP contribution in [0, 0.1) is 0 Å². The Morgan fingerprint density at radius 2 is 2.35 bits per heavy atom. The van der Waals surface area contributed by atoms with Crippen molar-refractivity contribution < 1.29 is 4.79 Å². The van der Waals surface area contributed by atoms with Gasteiger partial charge in [-0.15, -0.1) is 11.3 Å². The van der Waals surface area contributed by atoms with Crippen LogP contribution in [0.15, 0.2) is 18.5 Å². The van der Waals surface area contributed by atoms with E-state index in [0.29, 0.717) is 20.8 Å². The first-order valence-corrected chi connectivity index (χ1v) is 6.33. The van der Waals surface area contributed by atoms with Crippen molar-refractivity contribution in [2.45, 2.75) is 6.54 Å². The number of amides is 1. The van der Waals surface area contributed by atoms with Crippen molar-refractivity contribution in [2.24, 2.45) is 0 Å². The van der Waals surface area contributed by atoms with Crippen LogP contribution in [-0.2, 0) is 6.54 Å². The quantitative estimate of drug-likeness (QED) is 0.944. The molecule has 0 atom stereocenters. The van der Waals surface area contributed by atoms with Gasteiger partial charge in [0, 0.05) is 25.4 Å². The maximum atomic E-state index is 12.1. The van der Waals surface area contributed by atoms with E-state index in [1.54, 1.807) is 30.4 Å². The predicted octanol–water partition coefficient (Wildman–Crippen LogP) is 3.05. The third-order valence-corrected chi connectivity index (χ3v) is 3.70. The molecular formula is C10H9Cl2N3OS. The first-order chi connectivity index (χ1) is 8.08. The number of H-pyrrole nitrogens is 1. The molecule has 17 heavy (non-hydrogen) atoms. The minimum Gasteiger partial charge on any atom is -0.337 e. The maximum Gasteiger partial charge on any atom is 0.256 e. The van der Waals surface area contributed by atoms with Gasteiger partial charge >= 0.3 is 0 Å². The van der Waals surface area contributed by atoms with Crippen molar-refractivity contribution in [1.82, 2.24) is 15.1 Å². The standard InChI is InChI=1S/C10H9Cl2N3OS/c1-15(5-6-3-13-14-4-6)10(16)7-2-8(11)17-9(7)12/h2-4H,5H2,1H3,(H,13,14). The Labute approximate surface area is 112 Å². The number of carbonyl (C=O) groups is 1. The first kappa shape index (κ1) is 12.4. The molecule has 0 aliphatic carbocycles. The number of carbonyl (C=O) groups excluding carboxylic acids is 1. The fraction of sp³-hybridized carbons (Fsp3) is 0.200. The van der Waals surface area contributed by atoms with E-state index in [1.165, 1.54) is 11.3 Å². The molecule has 1 amide bonds. The molecule has 0 aromatic carbocycles. The van der Waals surface area contributed by atoms with Gasteiger partial charge in [-0.05, 0) is 6.07 Å². The summed E-state index contributed by atoms with van der Waals surface area (Å²) in [6.07, 6.45) is 3.41. The molecule has 0 aliphatic rings. The van der Waals surface area contributed by atoms with Crippen molar-refractivity contribution in [3.63, 3.8) is 0 Å². The summed E-state index contributed by atoms with van der Waals surface area (Å²) in [6.45, 7) is 0.471. The van der Waals surface area contributed by atoms with Gasteiger partial charge in [0.15, 0.2) is 0 Å². The molecule has 0 spiro atoms. The van der Waals surface area contributed by atoms with Crippen LogP contribution < -0.4 is 0 Å². The molecule has 0 fully saturated rings. The van der Waals surface area contributed by atoms with E-state index in [2.05, 4.69) is 10.2 Å². The van der Waals surface area contributed by atoms with Gasteiger partial charge in [-0.2, -0.15) is 5.10 Å². The Kier molecular flexibility index (Phi) is 3.71. The highest BCUT2D eigenvalue weighted by Crippen LogP contribution is 2.31. The lowest BCUT2D eigenvalue weighted by molar-refractivity contribution is 0.0786. The molecule has 0 bridgehead atoms. The van der Waals surface area contributed by atoms with E-state index in [9.17, 15) is 4.79 Å². The first-order valence-electron chi connectivity index (χ1n) is 4.76. The van der Waals surface area contributed by atoms with Crippen molar-refractivity contribution in [3.05, 3.63) is 38.3 Å². The normalized spacial score (nSPS) is 10.5. The third-order valence-electron chi connectivity index (χ3n) is 2.21. The molecule has 0 saturated carbocycles. The van der Waals surface area contributed by atoms with E-state index >= 15 is 0 Å². The summed E-state index contributed by atoms with van der Waals surface area (Å²) in [5.41, 5.74) is 1.37. The van der Waals surface area contributed by atoms with Gasteiger partial charge in [0.05, 0.1) is 16.1 Å². The van der Waals surface area contributed by atoms with Crippen LogP contribution >= 0.6 is 34.5 Å². The molecule has 0 radical (unpaired) electrons. The zero-order valence-electron chi connectivity index (χ0n) is 8.91. The second-order valence-corrected chi connectivity index (χ2v) is 5.79. The minimum atomic E-state index is -0.153. The highest BCUT2D eigenvalue weighted by molar-refractivity contribution is 7.20. The summed E-state index contributed by atoms with van der Waals surface area (Å²) in [6, 6.07) is 1.59. The number of aromatic nitrogens is 2. The van der Waals surface area contributed by atoms with Crippen molar-refractivity contribution >= 4 is 40.4 Å². The van der Waals surface area contributed by atoms with Gasteiger partial charge in [-0.3, -0.25) is 9.89 Å². The Balaban J connectivity index is 2.12. The predicted molar refractivity (Wildman–Crippen MR) is 68.7 cm³/mol. The second kappa shape index (κ2) is 5.08. The van der Waals surface area contributed by atoms with Gasteiger partial charge < -0.3 is 4.90 Å². The number of hydrogen-bond donors (Lipinski definition) is 1. The number of hydrogen-bond acceptors (Lipinski definition) is 3. The molecule has 4 nitrogen and oxygen atoms in total. The number of rotatable bonds is 3. The molecule has 90 valence electrons. The average Bonchev–Trinajstić information content (AvgIpc) is 2.87. The summed E-state index contributed by atoms with van der Waals surface area (Å²) >= 11 is 12.9. The number of nitrogens with one attached hydrogen (secondary N) is 1. The number of aromatic amines is 1. The molecule has 2 rings (SSSR count). The van der Waals surface area contributed by atoms with Crippen LogP contribution in [0.25, 0.3) is 0 Å². The molecule has 2 heterocycles. The number of halogens is 2. The number of thiophene rings is 1. The van der Waals surface area contributed by atoms with E-state index in [1.807, 2.05) is 0 Å². The van der Waals surface area contributed by atoms with Crippen LogP contribution in [0.1, 0.15) is 15.9 Å². The van der Waals surface area contributed by atoms with Crippen molar-refractivity contribution in [3.8, 4) is 0 Å². The van der Waals surface area contributed by atoms with Gasteiger partial charge in [0.1, 0.15) is 4.34 Å². The lowest BCUT2D eigenvalue weighted by Gasteiger charge is -2.15. The SMILES string of the molecule is CN(Cc1cn[nH]c1)C(=O)c1cc(Cl)sc1Cl. The summed E-state index contributed by atoms with van der Waals surface area (Å²) in [5.74, 6) is -0.153. The van der Waals surface area contributed by atoms with E-state index in [-0.39, 0.29) is 5.91 Å². The summed E-state index contributed by atoms with van der Waals surface area (Å²) in [5, 5.41) is 6.52. The fourth-order valence-corrected chi connectivity index (χ4v) is 2.85. The zero-order valence-corrected chi connectivity index (χ0v) is 11.2. The summed E-state index contributed by atoms with van der Waals surface area (Å²) in [4.78, 5) is 13.6. The van der Waals surface area contributed by atoms with E-state index < -0.39 is 0 Å². The topological polar surface area (TPSA) is 49.0 Å². The molecule has 0 aliphatic heterocycles. The molecule has 2 aromatic rings. The second-order valence-electron chi connectivity index (χ2n) is 3.51. The lowest BCUT2D eigenvalue weighted by atomic mass is 10.2. The lowest BCUT2D eigenvalue weighted by Crippen LogP contribution is -2.25. The van der Waals surface area contributed by atoms with Crippen LogP contribution in [0.3, 0.4) is 0 Å². The van der Waals surface area contributed by atoms with E-state index in [4.69, 9.17) is 23.2 Å². The average molecular weight is 290 g/mol. The molecule has 0 saturated heterocycles.